The summed E-state index contributed by atoms with van der Waals surface area (Å²) in [5, 5.41) is 32.7. The Morgan fingerprint density at radius 1 is 0.442 bits per heavy atom. The van der Waals surface area contributed by atoms with Crippen molar-refractivity contribution in [1.29, 1.82) is 0 Å². The van der Waals surface area contributed by atoms with Gasteiger partial charge in [0, 0.05) is 27.1 Å². The number of guanidine groups is 1. The second kappa shape index (κ2) is 48.9. The van der Waals surface area contributed by atoms with Gasteiger partial charge in [0.05, 0.1) is 12.6 Å². The molecule has 0 saturated carbocycles. The van der Waals surface area contributed by atoms with Crippen molar-refractivity contribution in [3.8, 4) is 0 Å². The van der Waals surface area contributed by atoms with Gasteiger partial charge in [0.2, 0.25) is 65.0 Å². The maximum atomic E-state index is 15.1. The molecule has 95 heavy (non-hydrogen) atoms. The first-order valence-electron chi connectivity index (χ1n) is 35.0. The first-order valence-corrected chi connectivity index (χ1v) is 35.0. The highest BCUT2D eigenvalue weighted by Gasteiger charge is 2.40. The lowest BCUT2D eigenvalue weighted by molar-refractivity contribution is -0.145. The molecular weight excluding hydrogens is 1220 g/mol. The number of nitrogens with zero attached hydrogens (tertiary/aromatic N) is 3. The Hall–Kier alpha value is -6.68. The van der Waals surface area contributed by atoms with Crippen molar-refractivity contribution in [1.82, 2.24) is 52.3 Å². The fourth-order valence-corrected chi connectivity index (χ4v) is 11.0. The predicted octanol–water partition coefficient (Wildman–Crippen LogP) is 2.09. The van der Waals surface area contributed by atoms with Crippen LogP contribution in [0, 0.1) is 29.6 Å². The van der Waals surface area contributed by atoms with Gasteiger partial charge < -0.3 is 86.1 Å². The molecule has 0 bridgehead atoms. The van der Waals surface area contributed by atoms with Gasteiger partial charge in [-0.25, -0.2) is 0 Å². The van der Waals surface area contributed by atoms with Gasteiger partial charge in [0.1, 0.15) is 54.4 Å². The predicted molar refractivity (Wildman–Crippen MR) is 371 cm³/mol. The highest BCUT2D eigenvalue weighted by molar-refractivity contribution is 5.99. The number of amides is 11. The zero-order valence-electron chi connectivity index (χ0n) is 60.2. The van der Waals surface area contributed by atoms with Crippen LogP contribution in [0.1, 0.15) is 224 Å². The maximum Gasteiger partial charge on any atom is 0.245 e. The molecular formula is C67H128N16O12. The van der Waals surface area contributed by atoms with E-state index in [9.17, 15) is 53.1 Å². The quantitative estimate of drug-likeness (QED) is 0.0236. The summed E-state index contributed by atoms with van der Waals surface area (Å²) < 4.78 is 0. The van der Waals surface area contributed by atoms with Gasteiger partial charge in [-0.05, 0) is 133 Å². The zero-order chi connectivity index (χ0) is 72.5. The van der Waals surface area contributed by atoms with E-state index in [1.165, 1.54) is 56.5 Å². The van der Waals surface area contributed by atoms with Crippen molar-refractivity contribution in [3.63, 3.8) is 0 Å². The van der Waals surface area contributed by atoms with Gasteiger partial charge in [-0.2, -0.15) is 0 Å². The Labute approximate surface area is 567 Å². The number of nitrogens with one attached hydrogen (secondary N) is 8. The molecule has 0 aromatic carbocycles. The lowest BCUT2D eigenvalue weighted by Crippen LogP contribution is -2.62. The summed E-state index contributed by atoms with van der Waals surface area (Å²) in [6, 6.07) is -11.3. The number of nitrogens with two attached hydrogens (primary N) is 5. The van der Waals surface area contributed by atoms with Crippen LogP contribution in [0.3, 0.4) is 0 Å². The van der Waals surface area contributed by atoms with Gasteiger partial charge in [-0.3, -0.25) is 57.7 Å². The summed E-state index contributed by atoms with van der Waals surface area (Å²) >= 11 is 0. The molecule has 0 aliphatic carbocycles. The van der Waals surface area contributed by atoms with Crippen LogP contribution < -0.4 is 71.2 Å². The average Bonchev–Trinajstić information content (AvgIpc) is 0.845. The van der Waals surface area contributed by atoms with Crippen LogP contribution >= 0.6 is 0 Å². The molecule has 0 spiro atoms. The molecule has 0 unspecified atom stereocenters. The van der Waals surface area contributed by atoms with Gasteiger partial charge >= 0.3 is 0 Å². The van der Waals surface area contributed by atoms with E-state index in [0.717, 1.165) is 19.3 Å². The Kier molecular flexibility index (Phi) is 45.5. The summed E-state index contributed by atoms with van der Waals surface area (Å²) in [7, 11) is 2.85. The third-order valence-corrected chi connectivity index (χ3v) is 16.6. The molecule has 0 fully saturated rings. The Morgan fingerprint density at radius 3 is 1.38 bits per heavy atom. The van der Waals surface area contributed by atoms with Crippen LogP contribution in [0.25, 0.3) is 0 Å². The normalized spacial score (nSPS) is 14.9. The van der Waals surface area contributed by atoms with Crippen LogP contribution in [-0.2, 0) is 52.7 Å². The molecule has 0 aromatic rings. The van der Waals surface area contributed by atoms with E-state index in [2.05, 4.69) is 54.5 Å². The van der Waals surface area contributed by atoms with Crippen molar-refractivity contribution >= 4 is 70.9 Å². The molecule has 0 aromatic heterocycles. The highest BCUT2D eigenvalue weighted by Crippen LogP contribution is 2.21. The third kappa shape index (κ3) is 36.9. The molecule has 19 N–H and O–H groups in total. The number of primary amides is 1. The van der Waals surface area contributed by atoms with E-state index in [-0.39, 0.29) is 120 Å². The number of carbonyl (C=O) groups excluding carboxylic acids is 11. The van der Waals surface area contributed by atoms with Crippen molar-refractivity contribution in [2.75, 3.05) is 40.3 Å². The number of aliphatic imine (C=N–C) groups is 1. The number of unbranched alkanes of at least 4 members (excludes halogenated alkanes) is 9. The average molecular weight is 1350 g/mol. The standard InChI is InChI=1S/C67H128N16O12/c1-15-17-18-19-20-21-22-23-32-54(85)74-40-55(86)75-52(38-43(7)8)66(95)82(13)53(39-44(9)10)62(91)76-47(29-24-26-33-68)59(88)78-49(31-28-35-73-67(71)72)65(94)83(14)57(45(11)16-2)64(93)77-48(30-25-27-34-69)60(89)81-56(46(12)84)63(92)80-51(37-42(5)6)61(90)79-50(58(70)87)36-41(3)4/h41-53,56-57,84H,15-40,68-69H2,1-14H3,(H2,70,87)(H,74,85)(H,75,86)(H,76,91)(H,77,93)(H,78,88)(H,79,90)(H,80,92)(H,81,89)(H4,71,72,73)/t45-,46+,47-,48-,49-,50-,51-,52-,53-,56-,57-/m0/s1. The number of carbonyl (C=O) groups is 11. The minimum atomic E-state index is -1.64. The topological polar surface area (TPSA) is 453 Å². The molecule has 0 radical (unpaired) electrons. The number of likely N-dealkylation sites (N-methyl/N-ethyl adjacent to an activating group) is 2. The van der Waals surface area contributed by atoms with Crippen molar-refractivity contribution < 1.29 is 57.8 Å². The SMILES string of the molecule is CCCCCCCCCCC(=O)NCC(=O)N[C@@H](CC(C)C)C(=O)N(C)[C@@H](CC(C)C)C(=O)N[C@@H](CCCCN)C(=O)N[C@@H](CCCN=C(N)N)C(=O)N(C)[C@H](C(=O)N[C@@H](CCCCN)C(=O)N[C@H](C(=O)N[C@@H](CC(C)C)C(=O)N[C@@H](CC(C)C)C(N)=O)[C@@H](C)O)[C@@H](C)CC. The van der Waals surface area contributed by atoms with Gasteiger partial charge in [0.15, 0.2) is 5.96 Å². The molecule has 11 amide bonds. The molecule has 11 atom stereocenters. The summed E-state index contributed by atoms with van der Waals surface area (Å²) in [5.41, 5.74) is 28.6. The van der Waals surface area contributed by atoms with E-state index in [1.807, 2.05) is 55.4 Å². The smallest absolute Gasteiger partial charge is 0.245 e. The van der Waals surface area contributed by atoms with Crippen molar-refractivity contribution in [3.05, 3.63) is 0 Å². The Balaban J connectivity index is 7.10. The van der Waals surface area contributed by atoms with E-state index >= 15 is 4.79 Å². The van der Waals surface area contributed by atoms with Crippen LogP contribution in [0.4, 0.5) is 0 Å². The number of hydrogen-bond acceptors (Lipinski definition) is 15. The van der Waals surface area contributed by atoms with E-state index in [1.54, 1.807) is 13.8 Å². The second-order valence-electron chi connectivity index (χ2n) is 27.3. The lowest BCUT2D eigenvalue weighted by atomic mass is 9.95. The first-order chi connectivity index (χ1) is 44.7. The summed E-state index contributed by atoms with van der Waals surface area (Å²) in [4.78, 5) is 161. The van der Waals surface area contributed by atoms with Crippen LogP contribution in [0.2, 0.25) is 0 Å². The van der Waals surface area contributed by atoms with Crippen LogP contribution in [0.15, 0.2) is 4.99 Å². The summed E-state index contributed by atoms with van der Waals surface area (Å²) in [5.74, 6) is -8.71. The van der Waals surface area contributed by atoms with Crippen LogP contribution in [0.5, 0.6) is 0 Å². The first kappa shape index (κ1) is 88.3. The molecule has 0 heterocycles. The minimum Gasteiger partial charge on any atom is -0.391 e. The molecule has 28 nitrogen and oxygen atoms in total. The minimum absolute atomic E-state index is 0.00868. The maximum absolute atomic E-state index is 15.1. The summed E-state index contributed by atoms with van der Waals surface area (Å²) in [6.07, 6.45) is 10.1. The second-order valence-corrected chi connectivity index (χ2v) is 27.3. The van der Waals surface area contributed by atoms with E-state index in [0.29, 0.717) is 38.5 Å². The molecule has 0 saturated heterocycles. The number of rotatable bonds is 52. The molecule has 0 rings (SSSR count). The summed E-state index contributed by atoms with van der Waals surface area (Å²) in [6.45, 7) is 22.0. The fraction of sp³-hybridized carbons (Fsp3) is 0.821. The zero-order valence-corrected chi connectivity index (χ0v) is 60.2. The molecule has 548 valence electrons. The van der Waals surface area contributed by atoms with Crippen molar-refractivity contribution in [2.24, 2.45) is 63.3 Å². The highest BCUT2D eigenvalue weighted by atomic mass is 16.3. The number of aliphatic hydroxyl groups excluding tert-OH is 1. The van der Waals surface area contributed by atoms with Gasteiger partial charge in [0.25, 0.3) is 0 Å². The Bertz CT molecular complexity index is 2370. The van der Waals surface area contributed by atoms with Crippen molar-refractivity contribution in [2.45, 2.75) is 285 Å². The fourth-order valence-electron chi connectivity index (χ4n) is 11.0. The Morgan fingerprint density at radius 2 is 0.884 bits per heavy atom. The largest absolute Gasteiger partial charge is 0.391 e. The van der Waals surface area contributed by atoms with Gasteiger partial charge in [-0.1, -0.05) is 128 Å². The molecule has 0 aliphatic rings. The van der Waals surface area contributed by atoms with E-state index in [4.69, 9.17) is 28.7 Å². The number of hydrogen-bond donors (Lipinski definition) is 14. The van der Waals surface area contributed by atoms with Crippen LogP contribution in [-0.4, -0.2) is 187 Å². The lowest BCUT2D eigenvalue weighted by Gasteiger charge is -2.36. The molecule has 0 aliphatic heterocycles. The van der Waals surface area contributed by atoms with Gasteiger partial charge in [-0.15, -0.1) is 0 Å². The van der Waals surface area contributed by atoms with E-state index < -0.39 is 125 Å². The monoisotopic (exact) mass is 1350 g/mol. The molecule has 28 heteroatoms. The number of aliphatic hydroxyl groups is 1. The third-order valence-electron chi connectivity index (χ3n) is 16.6.